The van der Waals surface area contributed by atoms with Gasteiger partial charge in [-0.3, -0.25) is 19.2 Å². The van der Waals surface area contributed by atoms with Crippen LogP contribution in [0.1, 0.15) is 33.4 Å². The van der Waals surface area contributed by atoms with Gasteiger partial charge in [-0.1, -0.05) is 19.0 Å². The third kappa shape index (κ3) is 3.98. The number of carbonyl (C=O) groups excluding carboxylic acids is 1. The highest BCUT2D eigenvalue weighted by Crippen LogP contribution is 2.59. The van der Waals surface area contributed by atoms with Crippen LogP contribution in [0.25, 0.3) is 0 Å². The van der Waals surface area contributed by atoms with E-state index in [4.69, 9.17) is 4.52 Å². The number of nitrogens with zero attached hydrogens (tertiary/aromatic N) is 1. The molecule has 0 unspecified atom stereocenters. The van der Waals surface area contributed by atoms with Gasteiger partial charge in [0.05, 0.1) is 17.2 Å². The molecule has 0 aliphatic rings. The molecule has 10 heteroatoms. The first-order chi connectivity index (χ1) is 12.3. The van der Waals surface area contributed by atoms with E-state index in [2.05, 4.69) is 10.5 Å². The standard InChI is InChI=1S/C17H22F2N2O5S/c1-16(2,9-22)13-8-14(26-21-13)20-15(23)17(3,4)27(24,25)12-6-5-10(18)7-11(12)19/h5-8,22,24-25H,9H2,1-4H3,(H,20,23). The fraction of sp³-hybridized carbons (Fsp3) is 0.412. The van der Waals surface area contributed by atoms with E-state index in [1.807, 2.05) is 0 Å². The maximum absolute atomic E-state index is 14.0. The average Bonchev–Trinajstić information content (AvgIpc) is 3.03. The number of aromatic nitrogens is 1. The van der Waals surface area contributed by atoms with Gasteiger partial charge in [-0.25, -0.2) is 8.78 Å². The predicted molar refractivity (Wildman–Crippen MR) is 96.8 cm³/mol. The SMILES string of the molecule is CC(C)(CO)c1cc(NC(=O)C(C)(C)S(O)(O)c2ccc(F)cc2F)on1. The zero-order valence-electron chi connectivity index (χ0n) is 15.3. The van der Waals surface area contributed by atoms with Gasteiger partial charge in [0.15, 0.2) is 0 Å². The lowest BCUT2D eigenvalue weighted by Gasteiger charge is -2.44. The minimum Gasteiger partial charge on any atom is -0.395 e. The van der Waals surface area contributed by atoms with Gasteiger partial charge in [0.1, 0.15) is 16.4 Å². The molecule has 1 amide bonds. The third-order valence-corrected chi connectivity index (χ3v) is 6.85. The van der Waals surface area contributed by atoms with Crippen LogP contribution in [0.3, 0.4) is 0 Å². The molecule has 0 fully saturated rings. The molecule has 1 aromatic heterocycles. The summed E-state index contributed by atoms with van der Waals surface area (Å²) < 4.78 is 51.3. The minimum atomic E-state index is -3.99. The van der Waals surface area contributed by atoms with Gasteiger partial charge in [-0.15, -0.1) is 0 Å². The molecular weight excluding hydrogens is 382 g/mol. The summed E-state index contributed by atoms with van der Waals surface area (Å²) in [6.45, 7) is 5.66. The first-order valence-electron chi connectivity index (χ1n) is 7.95. The quantitative estimate of drug-likeness (QED) is 0.583. The van der Waals surface area contributed by atoms with Gasteiger partial charge in [0.2, 0.25) is 5.88 Å². The van der Waals surface area contributed by atoms with E-state index in [0.717, 1.165) is 12.1 Å². The summed E-state index contributed by atoms with van der Waals surface area (Å²) in [5.41, 5.74) is -0.323. The van der Waals surface area contributed by atoms with Crippen LogP contribution >= 0.6 is 10.6 Å². The van der Waals surface area contributed by atoms with Crippen molar-refractivity contribution in [3.8, 4) is 0 Å². The molecule has 1 heterocycles. The van der Waals surface area contributed by atoms with E-state index >= 15 is 0 Å². The number of aliphatic hydroxyl groups is 1. The van der Waals surface area contributed by atoms with Crippen LogP contribution < -0.4 is 5.32 Å². The van der Waals surface area contributed by atoms with Crippen molar-refractivity contribution in [2.75, 3.05) is 11.9 Å². The van der Waals surface area contributed by atoms with Crippen LogP contribution in [0.4, 0.5) is 14.7 Å². The topological polar surface area (TPSA) is 116 Å². The lowest BCUT2D eigenvalue weighted by Crippen LogP contribution is -2.42. The van der Waals surface area contributed by atoms with Gasteiger partial charge in [0, 0.05) is 17.5 Å². The van der Waals surface area contributed by atoms with Crippen molar-refractivity contribution in [3.63, 3.8) is 0 Å². The molecule has 0 spiro atoms. The lowest BCUT2D eigenvalue weighted by atomic mass is 9.91. The van der Waals surface area contributed by atoms with E-state index in [-0.39, 0.29) is 12.5 Å². The first kappa shape index (κ1) is 21.3. The lowest BCUT2D eigenvalue weighted by molar-refractivity contribution is -0.118. The number of nitrogens with one attached hydrogen (secondary N) is 1. The van der Waals surface area contributed by atoms with Crippen molar-refractivity contribution >= 4 is 22.4 Å². The Bertz CT molecular complexity index is 852. The van der Waals surface area contributed by atoms with E-state index in [1.165, 1.54) is 19.9 Å². The van der Waals surface area contributed by atoms with Crippen molar-refractivity contribution in [2.24, 2.45) is 0 Å². The van der Waals surface area contributed by atoms with Crippen molar-refractivity contribution in [2.45, 2.75) is 42.8 Å². The Labute approximate surface area is 156 Å². The highest BCUT2D eigenvalue weighted by atomic mass is 32.3. The Morgan fingerprint density at radius 2 is 1.85 bits per heavy atom. The number of hydrogen-bond acceptors (Lipinski definition) is 6. The fourth-order valence-corrected chi connectivity index (χ4v) is 3.55. The number of carbonyl (C=O) groups is 1. The van der Waals surface area contributed by atoms with E-state index < -0.39 is 43.2 Å². The largest absolute Gasteiger partial charge is 0.395 e. The van der Waals surface area contributed by atoms with Crippen LogP contribution in [0, 0.1) is 11.6 Å². The second kappa shape index (κ2) is 7.19. The number of halogens is 2. The monoisotopic (exact) mass is 404 g/mol. The molecule has 4 N–H and O–H groups in total. The summed E-state index contributed by atoms with van der Waals surface area (Å²) in [5, 5.41) is 15.5. The Kier molecular flexibility index (Phi) is 5.67. The second-order valence-electron chi connectivity index (χ2n) is 7.21. The third-order valence-electron chi connectivity index (χ3n) is 4.29. The van der Waals surface area contributed by atoms with Crippen molar-refractivity contribution in [1.29, 1.82) is 0 Å². The number of hydrogen-bond donors (Lipinski definition) is 4. The molecule has 150 valence electrons. The molecule has 0 atom stereocenters. The molecule has 0 saturated heterocycles. The van der Waals surface area contributed by atoms with Crippen LogP contribution in [0.5, 0.6) is 0 Å². The van der Waals surface area contributed by atoms with Crippen LogP contribution in [0.15, 0.2) is 33.7 Å². The molecule has 0 saturated carbocycles. The molecular formula is C17H22F2N2O5S. The molecule has 2 aromatic rings. The molecule has 0 bridgehead atoms. The minimum absolute atomic E-state index is 0.0700. The van der Waals surface area contributed by atoms with E-state index in [0.29, 0.717) is 11.8 Å². The van der Waals surface area contributed by atoms with E-state index in [1.54, 1.807) is 13.8 Å². The smallest absolute Gasteiger partial charge is 0.252 e. The molecule has 27 heavy (non-hydrogen) atoms. The number of rotatable bonds is 6. The maximum atomic E-state index is 14.0. The van der Waals surface area contributed by atoms with Crippen LogP contribution in [-0.4, -0.2) is 36.6 Å². The summed E-state index contributed by atoms with van der Waals surface area (Å²) in [6.07, 6.45) is 0. The molecule has 1 aromatic carbocycles. The predicted octanol–water partition coefficient (Wildman–Crippen LogP) is 3.75. The Balaban J connectivity index is 2.28. The van der Waals surface area contributed by atoms with Crippen molar-refractivity contribution < 1.29 is 32.3 Å². The highest BCUT2D eigenvalue weighted by molar-refractivity contribution is 8.26. The normalized spacial score (nSPS) is 13.5. The molecule has 0 aliphatic heterocycles. The zero-order valence-corrected chi connectivity index (χ0v) is 16.1. The average molecular weight is 404 g/mol. The highest BCUT2D eigenvalue weighted by Gasteiger charge is 2.44. The molecule has 0 aliphatic carbocycles. The first-order valence-corrected chi connectivity index (χ1v) is 9.50. The van der Waals surface area contributed by atoms with Gasteiger partial charge in [-0.05, 0) is 26.0 Å². The van der Waals surface area contributed by atoms with Gasteiger partial charge >= 0.3 is 0 Å². The molecule has 2 rings (SSSR count). The molecule has 0 radical (unpaired) electrons. The zero-order chi connectivity index (χ0) is 20.6. The summed E-state index contributed by atoms with van der Waals surface area (Å²) in [6, 6.07) is 3.68. The second-order valence-corrected chi connectivity index (χ2v) is 9.76. The van der Waals surface area contributed by atoms with Gasteiger partial charge in [0.25, 0.3) is 5.91 Å². The Morgan fingerprint density at radius 3 is 2.41 bits per heavy atom. The number of benzene rings is 1. The van der Waals surface area contributed by atoms with Gasteiger partial charge in [-0.2, -0.15) is 10.6 Å². The number of anilines is 1. The van der Waals surface area contributed by atoms with Gasteiger partial charge < -0.3 is 9.63 Å². The Morgan fingerprint density at radius 1 is 1.22 bits per heavy atom. The van der Waals surface area contributed by atoms with E-state index in [9.17, 15) is 27.8 Å². The maximum Gasteiger partial charge on any atom is 0.252 e. The number of aliphatic hydroxyl groups excluding tert-OH is 1. The van der Waals surface area contributed by atoms with Crippen LogP contribution in [0.2, 0.25) is 0 Å². The molecule has 7 nitrogen and oxygen atoms in total. The van der Waals surface area contributed by atoms with Crippen molar-refractivity contribution in [3.05, 3.63) is 41.6 Å². The summed E-state index contributed by atoms with van der Waals surface area (Å²) in [5.74, 6) is -2.98. The number of amides is 1. The van der Waals surface area contributed by atoms with Crippen molar-refractivity contribution in [1.82, 2.24) is 5.16 Å². The summed E-state index contributed by atoms with van der Waals surface area (Å²) in [4.78, 5) is 12.1. The van der Waals surface area contributed by atoms with Crippen LogP contribution in [-0.2, 0) is 10.2 Å². The summed E-state index contributed by atoms with van der Waals surface area (Å²) >= 11 is 0. The Hall–Kier alpha value is -2.01. The fourth-order valence-electron chi connectivity index (χ4n) is 2.11. The summed E-state index contributed by atoms with van der Waals surface area (Å²) in [7, 11) is -3.99.